The van der Waals surface area contributed by atoms with Crippen LogP contribution in [0.1, 0.15) is 26.2 Å². The first-order valence-electron chi connectivity index (χ1n) is 3.89. The third-order valence-corrected chi connectivity index (χ3v) is 2.59. The first-order chi connectivity index (χ1) is 5.31. The molecule has 0 aromatic rings. The van der Waals surface area contributed by atoms with E-state index in [0.29, 0.717) is 18.2 Å². The lowest BCUT2D eigenvalue weighted by Gasteiger charge is -1.99. The standard InChI is InChI=1S/C7H15ClO2S/c1-2-3-4-6-10-11(9)7-5-8/h2-7H2,1H3. The lowest BCUT2D eigenvalue weighted by molar-refractivity contribution is 0.335. The minimum Gasteiger partial charge on any atom is -0.291 e. The molecule has 2 nitrogen and oxygen atoms in total. The number of halogens is 1. The Morgan fingerprint density at radius 1 is 1.45 bits per heavy atom. The highest BCUT2D eigenvalue weighted by molar-refractivity contribution is 7.80. The lowest BCUT2D eigenvalue weighted by atomic mass is 10.3. The molecule has 0 heterocycles. The van der Waals surface area contributed by atoms with Crippen LogP contribution < -0.4 is 0 Å². The Labute approximate surface area is 75.9 Å². The molecule has 11 heavy (non-hydrogen) atoms. The van der Waals surface area contributed by atoms with Gasteiger partial charge in [-0.25, -0.2) is 4.21 Å². The summed E-state index contributed by atoms with van der Waals surface area (Å²) in [5, 5.41) is 0. The van der Waals surface area contributed by atoms with Crippen LogP contribution in [0.25, 0.3) is 0 Å². The Hall–Kier alpha value is 0.400. The van der Waals surface area contributed by atoms with Gasteiger partial charge in [0.2, 0.25) is 0 Å². The van der Waals surface area contributed by atoms with Crippen LogP contribution in [0.2, 0.25) is 0 Å². The number of rotatable bonds is 7. The summed E-state index contributed by atoms with van der Waals surface area (Å²) in [4.78, 5) is 0. The summed E-state index contributed by atoms with van der Waals surface area (Å²) in [6, 6.07) is 0. The summed E-state index contributed by atoms with van der Waals surface area (Å²) in [5.74, 6) is 0.841. The summed E-state index contributed by atoms with van der Waals surface area (Å²) in [6.07, 6.45) is 3.29. The highest BCUT2D eigenvalue weighted by atomic mass is 35.5. The van der Waals surface area contributed by atoms with Gasteiger partial charge in [0.05, 0.1) is 12.4 Å². The minimum atomic E-state index is -1.16. The van der Waals surface area contributed by atoms with Crippen molar-refractivity contribution in [2.45, 2.75) is 26.2 Å². The molecule has 0 aromatic heterocycles. The molecule has 0 spiro atoms. The molecular formula is C7H15ClO2S. The summed E-state index contributed by atoms with van der Waals surface area (Å²) < 4.78 is 15.8. The molecule has 0 aliphatic rings. The molecular weight excluding hydrogens is 184 g/mol. The first-order valence-corrected chi connectivity index (χ1v) is 5.66. The van der Waals surface area contributed by atoms with E-state index in [4.69, 9.17) is 15.8 Å². The van der Waals surface area contributed by atoms with Crippen molar-refractivity contribution in [1.29, 1.82) is 0 Å². The Kier molecular flexibility index (Phi) is 8.81. The van der Waals surface area contributed by atoms with E-state index in [9.17, 15) is 4.21 Å². The van der Waals surface area contributed by atoms with Crippen molar-refractivity contribution in [2.24, 2.45) is 0 Å². The van der Waals surface area contributed by atoms with Crippen LogP contribution in [-0.2, 0) is 15.3 Å². The van der Waals surface area contributed by atoms with Gasteiger partial charge in [-0.05, 0) is 6.42 Å². The second kappa shape index (κ2) is 8.50. The molecule has 4 heteroatoms. The highest BCUT2D eigenvalue weighted by Gasteiger charge is 1.97. The first kappa shape index (κ1) is 11.4. The lowest BCUT2D eigenvalue weighted by Crippen LogP contribution is -2.04. The van der Waals surface area contributed by atoms with Crippen molar-refractivity contribution in [2.75, 3.05) is 18.2 Å². The van der Waals surface area contributed by atoms with Crippen LogP contribution in [-0.4, -0.2) is 22.4 Å². The van der Waals surface area contributed by atoms with Crippen molar-refractivity contribution >= 4 is 22.7 Å². The predicted molar refractivity (Wildman–Crippen MR) is 49.2 cm³/mol. The Bertz CT molecular complexity index is 109. The molecule has 0 radical (unpaired) electrons. The zero-order valence-electron chi connectivity index (χ0n) is 6.85. The smallest absolute Gasteiger partial charge is 0.156 e. The van der Waals surface area contributed by atoms with E-state index in [1.165, 1.54) is 0 Å². The van der Waals surface area contributed by atoms with Crippen molar-refractivity contribution in [1.82, 2.24) is 0 Å². The van der Waals surface area contributed by atoms with Crippen molar-refractivity contribution in [3.05, 3.63) is 0 Å². The molecule has 0 bridgehead atoms. The van der Waals surface area contributed by atoms with Gasteiger partial charge in [0, 0.05) is 5.88 Å². The van der Waals surface area contributed by atoms with Crippen molar-refractivity contribution in [3.63, 3.8) is 0 Å². The zero-order chi connectivity index (χ0) is 8.53. The third kappa shape index (κ3) is 8.30. The maximum absolute atomic E-state index is 10.8. The van der Waals surface area contributed by atoms with Crippen molar-refractivity contribution in [3.8, 4) is 0 Å². The topological polar surface area (TPSA) is 26.3 Å². The number of alkyl halides is 1. The number of hydrogen-bond acceptors (Lipinski definition) is 2. The molecule has 0 aliphatic carbocycles. The normalized spacial score (nSPS) is 13.3. The Morgan fingerprint density at radius 2 is 2.18 bits per heavy atom. The molecule has 0 fully saturated rings. The van der Waals surface area contributed by atoms with Crippen LogP contribution in [0, 0.1) is 0 Å². The third-order valence-electron chi connectivity index (χ3n) is 1.21. The molecule has 0 amide bonds. The number of unbranched alkanes of at least 4 members (excludes halogenated alkanes) is 2. The van der Waals surface area contributed by atoms with Gasteiger partial charge in [-0.3, -0.25) is 4.18 Å². The fraction of sp³-hybridized carbons (Fsp3) is 1.00. The maximum Gasteiger partial charge on any atom is 0.156 e. The molecule has 68 valence electrons. The van der Waals surface area contributed by atoms with E-state index >= 15 is 0 Å². The molecule has 0 aromatic carbocycles. The average molecular weight is 199 g/mol. The second-order valence-corrected chi connectivity index (χ2v) is 3.86. The zero-order valence-corrected chi connectivity index (χ0v) is 8.42. The van der Waals surface area contributed by atoms with Gasteiger partial charge in [-0.2, -0.15) is 0 Å². The summed E-state index contributed by atoms with van der Waals surface area (Å²) in [6.45, 7) is 2.72. The van der Waals surface area contributed by atoms with Crippen LogP contribution >= 0.6 is 11.6 Å². The van der Waals surface area contributed by atoms with E-state index in [0.717, 1.165) is 19.3 Å². The summed E-state index contributed by atoms with van der Waals surface area (Å²) in [5.41, 5.74) is 0. The fourth-order valence-corrected chi connectivity index (χ4v) is 1.55. The highest BCUT2D eigenvalue weighted by Crippen LogP contribution is 1.96. The van der Waals surface area contributed by atoms with E-state index in [1.54, 1.807) is 0 Å². The largest absolute Gasteiger partial charge is 0.291 e. The molecule has 0 rings (SSSR count). The van der Waals surface area contributed by atoms with Crippen molar-refractivity contribution < 1.29 is 8.39 Å². The van der Waals surface area contributed by atoms with Crippen LogP contribution in [0.5, 0.6) is 0 Å². The average Bonchev–Trinajstić information content (AvgIpc) is 1.99. The maximum atomic E-state index is 10.8. The summed E-state index contributed by atoms with van der Waals surface area (Å²) in [7, 11) is 0. The SMILES string of the molecule is CCCCCOS(=O)CCCl. The fourth-order valence-electron chi connectivity index (χ4n) is 0.626. The van der Waals surface area contributed by atoms with Gasteiger partial charge >= 0.3 is 0 Å². The van der Waals surface area contributed by atoms with E-state index in [-0.39, 0.29) is 0 Å². The quantitative estimate of drug-likeness (QED) is 0.463. The van der Waals surface area contributed by atoms with E-state index in [1.807, 2.05) is 0 Å². The Morgan fingerprint density at radius 3 is 2.73 bits per heavy atom. The van der Waals surface area contributed by atoms with Gasteiger partial charge in [-0.15, -0.1) is 11.6 Å². The molecule has 0 aliphatic heterocycles. The van der Waals surface area contributed by atoms with Gasteiger partial charge in [-0.1, -0.05) is 19.8 Å². The number of hydrogen-bond donors (Lipinski definition) is 0. The molecule has 0 saturated carbocycles. The van der Waals surface area contributed by atoms with Gasteiger partial charge in [0.1, 0.15) is 0 Å². The van der Waals surface area contributed by atoms with Gasteiger partial charge in [0.15, 0.2) is 11.1 Å². The second-order valence-electron chi connectivity index (χ2n) is 2.23. The van der Waals surface area contributed by atoms with Crippen LogP contribution in [0.15, 0.2) is 0 Å². The summed E-state index contributed by atoms with van der Waals surface area (Å²) >= 11 is 4.21. The van der Waals surface area contributed by atoms with E-state index < -0.39 is 11.1 Å². The molecule has 1 atom stereocenters. The van der Waals surface area contributed by atoms with Gasteiger partial charge < -0.3 is 0 Å². The van der Waals surface area contributed by atoms with Gasteiger partial charge in [0.25, 0.3) is 0 Å². The van der Waals surface area contributed by atoms with Crippen LogP contribution in [0.4, 0.5) is 0 Å². The van der Waals surface area contributed by atoms with Crippen LogP contribution in [0.3, 0.4) is 0 Å². The molecule has 0 saturated heterocycles. The molecule has 1 unspecified atom stereocenters. The Balaban J connectivity index is 3.04. The molecule has 0 N–H and O–H groups in total. The monoisotopic (exact) mass is 198 g/mol. The minimum absolute atomic E-state index is 0.403. The van der Waals surface area contributed by atoms with E-state index in [2.05, 4.69) is 6.92 Å². The predicted octanol–water partition coefficient (Wildman–Crippen LogP) is 2.10.